The predicted molar refractivity (Wildman–Crippen MR) is 70.8 cm³/mol. The molecule has 1 aliphatic heterocycles. The van der Waals surface area contributed by atoms with E-state index in [1.54, 1.807) is 23.1 Å². The van der Waals surface area contributed by atoms with Crippen LogP contribution in [0.15, 0.2) is 18.2 Å². The summed E-state index contributed by atoms with van der Waals surface area (Å²) in [5.41, 5.74) is 0.698. The van der Waals surface area contributed by atoms with Crippen LogP contribution in [0.2, 0.25) is 10.0 Å². The zero-order chi connectivity index (χ0) is 11.7. The van der Waals surface area contributed by atoms with E-state index in [-0.39, 0.29) is 10.7 Å². The van der Waals surface area contributed by atoms with Crippen LogP contribution in [0, 0.1) is 0 Å². The molecule has 0 aliphatic carbocycles. The number of piperidine rings is 1. The van der Waals surface area contributed by atoms with E-state index in [1.807, 2.05) is 0 Å². The molecule has 1 amide bonds. The first-order valence-electron chi connectivity index (χ1n) is 5.00. The van der Waals surface area contributed by atoms with E-state index in [0.717, 1.165) is 12.8 Å². The summed E-state index contributed by atoms with van der Waals surface area (Å²) in [4.78, 5) is 13.5. The van der Waals surface area contributed by atoms with Crippen LogP contribution in [0.3, 0.4) is 0 Å². The Balaban J connectivity index is 2.35. The lowest BCUT2D eigenvalue weighted by Gasteiger charge is -2.30. The van der Waals surface area contributed by atoms with Crippen LogP contribution in [0.25, 0.3) is 0 Å². The molecule has 2 rings (SSSR count). The van der Waals surface area contributed by atoms with Gasteiger partial charge in [-0.2, -0.15) is 0 Å². The van der Waals surface area contributed by atoms with E-state index in [9.17, 15) is 4.79 Å². The summed E-state index contributed by atoms with van der Waals surface area (Å²) in [5.74, 6) is 0.0513. The Hall–Kier alpha value is -0.250. The lowest BCUT2D eigenvalue weighted by Crippen LogP contribution is -2.41. The highest BCUT2D eigenvalue weighted by atomic mass is 79.9. The zero-order valence-corrected chi connectivity index (χ0v) is 11.5. The van der Waals surface area contributed by atoms with E-state index in [4.69, 9.17) is 23.2 Å². The zero-order valence-electron chi connectivity index (χ0n) is 8.42. The van der Waals surface area contributed by atoms with Crippen molar-refractivity contribution in [1.29, 1.82) is 0 Å². The van der Waals surface area contributed by atoms with Gasteiger partial charge in [-0.15, -0.1) is 0 Å². The number of nitrogens with zero attached hydrogens (tertiary/aromatic N) is 1. The minimum Gasteiger partial charge on any atom is -0.310 e. The Morgan fingerprint density at radius 3 is 2.88 bits per heavy atom. The molecular weight excluding hydrogens is 313 g/mol. The van der Waals surface area contributed by atoms with Gasteiger partial charge in [0.05, 0.1) is 15.5 Å². The molecule has 1 saturated heterocycles. The fourth-order valence-corrected chi connectivity index (χ4v) is 2.72. The van der Waals surface area contributed by atoms with Crippen molar-refractivity contribution in [1.82, 2.24) is 0 Å². The Morgan fingerprint density at radius 1 is 1.38 bits per heavy atom. The summed E-state index contributed by atoms with van der Waals surface area (Å²) < 4.78 is 0. The molecule has 0 radical (unpaired) electrons. The second-order valence-corrected chi connectivity index (χ2v) is 5.64. The van der Waals surface area contributed by atoms with Crippen LogP contribution in [-0.4, -0.2) is 17.3 Å². The second-order valence-electron chi connectivity index (χ2n) is 3.70. The van der Waals surface area contributed by atoms with Crippen LogP contribution in [0.4, 0.5) is 5.69 Å². The van der Waals surface area contributed by atoms with Gasteiger partial charge >= 0.3 is 0 Å². The van der Waals surface area contributed by atoms with Crippen molar-refractivity contribution in [3.05, 3.63) is 28.2 Å². The largest absolute Gasteiger partial charge is 0.310 e. The number of amides is 1. The van der Waals surface area contributed by atoms with Gasteiger partial charge in [0, 0.05) is 11.6 Å². The standard InChI is InChI=1S/C11H10BrCl2NO/c12-8-2-1-5-15(11(8)16)10-6-7(13)3-4-9(10)14/h3-4,6,8H,1-2,5H2. The van der Waals surface area contributed by atoms with E-state index >= 15 is 0 Å². The highest BCUT2D eigenvalue weighted by Gasteiger charge is 2.28. The maximum Gasteiger partial charge on any atom is 0.240 e. The van der Waals surface area contributed by atoms with Crippen LogP contribution in [0.1, 0.15) is 12.8 Å². The number of anilines is 1. The Labute approximate surface area is 113 Å². The van der Waals surface area contributed by atoms with Gasteiger partial charge in [-0.05, 0) is 31.0 Å². The highest BCUT2D eigenvalue weighted by molar-refractivity contribution is 9.10. The molecule has 5 heteroatoms. The predicted octanol–water partition coefficient (Wildman–Crippen LogP) is 3.88. The van der Waals surface area contributed by atoms with E-state index < -0.39 is 0 Å². The lowest BCUT2D eigenvalue weighted by atomic mass is 10.1. The average Bonchev–Trinajstić information content (AvgIpc) is 2.26. The third kappa shape index (κ3) is 2.36. The molecule has 1 aliphatic rings. The van der Waals surface area contributed by atoms with Gasteiger partial charge < -0.3 is 4.90 Å². The van der Waals surface area contributed by atoms with Crippen molar-refractivity contribution in [2.45, 2.75) is 17.7 Å². The Kier molecular flexibility index (Phi) is 3.77. The van der Waals surface area contributed by atoms with E-state index in [1.165, 1.54) is 0 Å². The van der Waals surface area contributed by atoms with Crippen molar-refractivity contribution in [3.63, 3.8) is 0 Å². The second kappa shape index (κ2) is 4.94. The molecule has 1 fully saturated rings. The van der Waals surface area contributed by atoms with Crippen molar-refractivity contribution in [3.8, 4) is 0 Å². The third-order valence-corrected chi connectivity index (χ3v) is 3.98. The van der Waals surface area contributed by atoms with E-state index in [2.05, 4.69) is 15.9 Å². The van der Waals surface area contributed by atoms with Gasteiger partial charge in [-0.3, -0.25) is 4.79 Å². The molecule has 0 spiro atoms. The summed E-state index contributed by atoms with van der Waals surface area (Å²) in [7, 11) is 0. The Bertz CT molecular complexity index is 424. The third-order valence-electron chi connectivity index (χ3n) is 2.57. The molecule has 16 heavy (non-hydrogen) atoms. The van der Waals surface area contributed by atoms with Crippen molar-refractivity contribution < 1.29 is 4.79 Å². The molecular formula is C11H10BrCl2NO. The molecule has 2 nitrogen and oxygen atoms in total. The monoisotopic (exact) mass is 321 g/mol. The molecule has 86 valence electrons. The molecule has 0 N–H and O–H groups in total. The molecule has 1 aromatic carbocycles. The van der Waals surface area contributed by atoms with Gasteiger partial charge in [-0.25, -0.2) is 0 Å². The molecule has 0 saturated carbocycles. The number of benzene rings is 1. The average molecular weight is 323 g/mol. The first kappa shape index (κ1) is 12.2. The molecule has 1 atom stereocenters. The number of alkyl halides is 1. The SMILES string of the molecule is O=C1C(Br)CCCN1c1cc(Cl)ccc1Cl. The van der Waals surface area contributed by atoms with Crippen LogP contribution in [-0.2, 0) is 4.79 Å². The molecule has 1 heterocycles. The maximum atomic E-state index is 12.0. The van der Waals surface area contributed by atoms with E-state index in [0.29, 0.717) is 22.3 Å². The number of hydrogen-bond acceptors (Lipinski definition) is 1. The summed E-state index contributed by atoms with van der Waals surface area (Å²) >= 11 is 15.4. The number of carbonyl (C=O) groups excluding carboxylic acids is 1. The summed E-state index contributed by atoms with van der Waals surface area (Å²) in [6, 6.07) is 5.16. The quantitative estimate of drug-likeness (QED) is 0.718. The number of carbonyl (C=O) groups is 1. The fourth-order valence-electron chi connectivity index (χ4n) is 1.76. The van der Waals surface area contributed by atoms with Crippen LogP contribution < -0.4 is 4.90 Å². The van der Waals surface area contributed by atoms with Gasteiger partial charge in [0.25, 0.3) is 0 Å². The summed E-state index contributed by atoms with van der Waals surface area (Å²) in [5, 5.41) is 1.14. The first-order chi connectivity index (χ1) is 7.59. The van der Waals surface area contributed by atoms with Crippen LogP contribution in [0.5, 0.6) is 0 Å². The smallest absolute Gasteiger partial charge is 0.240 e. The van der Waals surface area contributed by atoms with Gasteiger partial charge in [0.2, 0.25) is 5.91 Å². The summed E-state index contributed by atoms with van der Waals surface area (Å²) in [6.07, 6.45) is 1.83. The minimum absolute atomic E-state index is 0.0513. The van der Waals surface area contributed by atoms with Crippen molar-refractivity contribution in [2.75, 3.05) is 11.4 Å². The van der Waals surface area contributed by atoms with Crippen LogP contribution >= 0.6 is 39.1 Å². The van der Waals surface area contributed by atoms with Gasteiger partial charge in [0.1, 0.15) is 0 Å². The molecule has 0 aromatic heterocycles. The normalized spacial score (nSPS) is 21.3. The van der Waals surface area contributed by atoms with Crippen molar-refractivity contribution in [2.24, 2.45) is 0 Å². The minimum atomic E-state index is -0.115. The highest BCUT2D eigenvalue weighted by Crippen LogP contribution is 2.32. The first-order valence-corrected chi connectivity index (χ1v) is 6.67. The number of hydrogen-bond donors (Lipinski definition) is 0. The van der Waals surface area contributed by atoms with Gasteiger partial charge in [-0.1, -0.05) is 39.1 Å². The van der Waals surface area contributed by atoms with Crippen molar-refractivity contribution >= 4 is 50.7 Å². The number of rotatable bonds is 1. The number of halogens is 3. The topological polar surface area (TPSA) is 20.3 Å². The fraction of sp³-hybridized carbons (Fsp3) is 0.364. The van der Waals surface area contributed by atoms with Gasteiger partial charge in [0.15, 0.2) is 0 Å². The molecule has 0 bridgehead atoms. The Morgan fingerprint density at radius 2 is 2.12 bits per heavy atom. The molecule has 1 unspecified atom stereocenters. The lowest BCUT2D eigenvalue weighted by molar-refractivity contribution is -0.118. The molecule has 1 aromatic rings. The summed E-state index contributed by atoms with van der Waals surface area (Å²) in [6.45, 7) is 0.695. The maximum absolute atomic E-state index is 12.0.